The van der Waals surface area contributed by atoms with Crippen LogP contribution in [0.1, 0.15) is 5.69 Å². The minimum atomic E-state index is -3.38. The summed E-state index contributed by atoms with van der Waals surface area (Å²) in [6, 6.07) is 5.29. The molecular weight excluding hydrogens is 238 g/mol. The fourth-order valence-corrected chi connectivity index (χ4v) is 1.90. The van der Waals surface area contributed by atoms with Gasteiger partial charge in [0, 0.05) is 29.9 Å². The van der Waals surface area contributed by atoms with Crippen LogP contribution in [0.25, 0.3) is 11.3 Å². The van der Waals surface area contributed by atoms with Gasteiger partial charge in [-0.3, -0.25) is 4.98 Å². The van der Waals surface area contributed by atoms with E-state index in [-0.39, 0.29) is 5.16 Å². The highest BCUT2D eigenvalue weighted by Crippen LogP contribution is 2.17. The van der Waals surface area contributed by atoms with E-state index in [1.807, 2.05) is 13.0 Å². The van der Waals surface area contributed by atoms with Gasteiger partial charge < -0.3 is 0 Å². The molecule has 0 atom stereocenters. The summed E-state index contributed by atoms with van der Waals surface area (Å²) in [7, 11) is -3.38. The Labute approximate surface area is 99.5 Å². The van der Waals surface area contributed by atoms with Gasteiger partial charge in [0.1, 0.15) is 0 Å². The predicted octanol–water partition coefficient (Wildman–Crippen LogP) is 1.25. The van der Waals surface area contributed by atoms with E-state index in [1.54, 1.807) is 18.3 Å². The average molecular weight is 249 g/mol. The Morgan fingerprint density at radius 1 is 1.12 bits per heavy atom. The van der Waals surface area contributed by atoms with Crippen molar-refractivity contribution in [3.8, 4) is 11.3 Å². The third kappa shape index (κ3) is 2.65. The number of pyridine rings is 1. The quantitative estimate of drug-likeness (QED) is 0.749. The number of aromatic nitrogens is 3. The van der Waals surface area contributed by atoms with Crippen molar-refractivity contribution in [3.63, 3.8) is 0 Å². The lowest BCUT2D eigenvalue weighted by Crippen LogP contribution is -2.04. The second-order valence-corrected chi connectivity index (χ2v) is 5.59. The van der Waals surface area contributed by atoms with Crippen molar-refractivity contribution in [3.05, 3.63) is 36.3 Å². The van der Waals surface area contributed by atoms with E-state index < -0.39 is 9.84 Å². The molecule has 0 saturated carbocycles. The molecule has 0 aromatic carbocycles. The van der Waals surface area contributed by atoms with E-state index in [2.05, 4.69) is 15.0 Å². The minimum Gasteiger partial charge on any atom is -0.262 e. The van der Waals surface area contributed by atoms with Crippen LogP contribution in [0.4, 0.5) is 0 Å². The van der Waals surface area contributed by atoms with Crippen molar-refractivity contribution in [2.45, 2.75) is 12.1 Å². The van der Waals surface area contributed by atoms with Gasteiger partial charge in [-0.1, -0.05) is 0 Å². The van der Waals surface area contributed by atoms with Gasteiger partial charge in [-0.15, -0.1) is 0 Å². The monoisotopic (exact) mass is 249 g/mol. The number of sulfone groups is 1. The molecule has 0 bridgehead atoms. The summed E-state index contributed by atoms with van der Waals surface area (Å²) >= 11 is 0. The molecule has 0 aliphatic carbocycles. The molecule has 2 aromatic heterocycles. The third-order valence-electron chi connectivity index (χ3n) is 2.16. The van der Waals surface area contributed by atoms with Gasteiger partial charge in [0.2, 0.25) is 15.0 Å². The van der Waals surface area contributed by atoms with E-state index in [0.717, 1.165) is 17.5 Å². The fraction of sp³-hybridized carbons (Fsp3) is 0.182. The summed E-state index contributed by atoms with van der Waals surface area (Å²) in [5.74, 6) is 0. The molecule has 0 N–H and O–H groups in total. The SMILES string of the molecule is Cc1cc(-c2ccnc(S(C)(=O)=O)n2)ccn1. The highest BCUT2D eigenvalue weighted by molar-refractivity contribution is 7.90. The molecular formula is C11H11N3O2S. The smallest absolute Gasteiger partial charge is 0.247 e. The molecule has 0 saturated heterocycles. The maximum absolute atomic E-state index is 11.3. The molecule has 0 spiro atoms. The Morgan fingerprint density at radius 2 is 1.82 bits per heavy atom. The van der Waals surface area contributed by atoms with Crippen LogP contribution in [0, 0.1) is 6.92 Å². The van der Waals surface area contributed by atoms with Gasteiger partial charge >= 0.3 is 0 Å². The molecule has 5 nitrogen and oxygen atoms in total. The summed E-state index contributed by atoms with van der Waals surface area (Å²) in [5.41, 5.74) is 2.25. The van der Waals surface area contributed by atoms with Gasteiger partial charge in [0.05, 0.1) is 5.69 Å². The highest BCUT2D eigenvalue weighted by atomic mass is 32.2. The molecule has 0 amide bonds. The molecule has 0 aliphatic rings. The molecule has 0 aliphatic heterocycles. The van der Waals surface area contributed by atoms with Crippen molar-refractivity contribution in [2.75, 3.05) is 6.26 Å². The van der Waals surface area contributed by atoms with E-state index in [9.17, 15) is 8.42 Å². The summed E-state index contributed by atoms with van der Waals surface area (Å²) in [6.45, 7) is 1.86. The molecule has 2 aromatic rings. The van der Waals surface area contributed by atoms with E-state index in [1.165, 1.54) is 6.20 Å². The summed E-state index contributed by atoms with van der Waals surface area (Å²) in [4.78, 5) is 11.8. The first-order valence-electron chi connectivity index (χ1n) is 4.93. The molecule has 2 heterocycles. The zero-order chi connectivity index (χ0) is 12.5. The number of rotatable bonds is 2. The van der Waals surface area contributed by atoms with Gasteiger partial charge in [-0.2, -0.15) is 0 Å². The standard InChI is InChI=1S/C11H11N3O2S/c1-8-7-9(3-5-12-8)10-4-6-13-11(14-10)17(2,15)16/h3-7H,1-2H3. The molecule has 88 valence electrons. The first kappa shape index (κ1) is 11.7. The first-order chi connectivity index (χ1) is 7.97. The molecule has 0 unspecified atom stereocenters. The van der Waals surface area contributed by atoms with Crippen LogP contribution < -0.4 is 0 Å². The van der Waals surface area contributed by atoms with Crippen LogP contribution in [-0.2, 0) is 9.84 Å². The summed E-state index contributed by atoms with van der Waals surface area (Å²) in [6.07, 6.45) is 4.19. The maximum Gasteiger partial charge on any atom is 0.247 e. The normalized spacial score (nSPS) is 11.4. The summed E-state index contributed by atoms with van der Waals surface area (Å²) < 4.78 is 22.7. The average Bonchev–Trinajstić information content (AvgIpc) is 2.28. The lowest BCUT2D eigenvalue weighted by atomic mass is 10.2. The zero-order valence-electron chi connectivity index (χ0n) is 9.45. The fourth-order valence-electron chi connectivity index (χ4n) is 1.39. The molecule has 0 fully saturated rings. The van der Waals surface area contributed by atoms with Crippen molar-refractivity contribution >= 4 is 9.84 Å². The van der Waals surface area contributed by atoms with Gasteiger partial charge in [-0.05, 0) is 25.1 Å². The van der Waals surface area contributed by atoms with Gasteiger partial charge in [-0.25, -0.2) is 18.4 Å². The Morgan fingerprint density at radius 3 is 2.47 bits per heavy atom. The van der Waals surface area contributed by atoms with Crippen molar-refractivity contribution in [1.82, 2.24) is 15.0 Å². The third-order valence-corrected chi connectivity index (χ3v) is 3.02. The summed E-state index contributed by atoms with van der Waals surface area (Å²) in [5, 5.41) is -0.163. The lowest BCUT2D eigenvalue weighted by molar-refractivity contribution is 0.593. The molecule has 17 heavy (non-hydrogen) atoms. The van der Waals surface area contributed by atoms with Crippen LogP contribution in [0.3, 0.4) is 0 Å². The van der Waals surface area contributed by atoms with Crippen molar-refractivity contribution in [2.24, 2.45) is 0 Å². The number of hydrogen-bond donors (Lipinski definition) is 0. The Hall–Kier alpha value is -1.82. The number of hydrogen-bond acceptors (Lipinski definition) is 5. The second kappa shape index (κ2) is 4.21. The van der Waals surface area contributed by atoms with Crippen molar-refractivity contribution < 1.29 is 8.42 Å². The molecule has 6 heteroatoms. The lowest BCUT2D eigenvalue weighted by Gasteiger charge is -2.03. The second-order valence-electron chi connectivity index (χ2n) is 3.68. The number of nitrogens with zero attached hydrogens (tertiary/aromatic N) is 3. The molecule has 2 rings (SSSR count). The van der Waals surface area contributed by atoms with E-state index in [0.29, 0.717) is 5.69 Å². The van der Waals surface area contributed by atoms with Crippen molar-refractivity contribution in [1.29, 1.82) is 0 Å². The van der Waals surface area contributed by atoms with Crippen LogP contribution in [-0.4, -0.2) is 29.6 Å². The van der Waals surface area contributed by atoms with E-state index in [4.69, 9.17) is 0 Å². The number of aryl methyl sites for hydroxylation is 1. The van der Waals surface area contributed by atoms with Crippen LogP contribution in [0.5, 0.6) is 0 Å². The Balaban J connectivity index is 2.54. The topological polar surface area (TPSA) is 72.8 Å². The maximum atomic E-state index is 11.3. The molecule has 0 radical (unpaired) electrons. The van der Waals surface area contributed by atoms with Crippen LogP contribution in [0.2, 0.25) is 0 Å². The predicted molar refractivity (Wildman–Crippen MR) is 63.1 cm³/mol. The minimum absolute atomic E-state index is 0.163. The Kier molecular flexibility index (Phi) is 2.89. The van der Waals surface area contributed by atoms with Gasteiger partial charge in [0.15, 0.2) is 0 Å². The van der Waals surface area contributed by atoms with Gasteiger partial charge in [0.25, 0.3) is 0 Å². The first-order valence-corrected chi connectivity index (χ1v) is 6.82. The highest BCUT2D eigenvalue weighted by Gasteiger charge is 2.11. The van der Waals surface area contributed by atoms with Crippen LogP contribution >= 0.6 is 0 Å². The largest absolute Gasteiger partial charge is 0.262 e. The van der Waals surface area contributed by atoms with E-state index >= 15 is 0 Å². The Bertz CT molecular complexity index is 653. The zero-order valence-corrected chi connectivity index (χ0v) is 10.3. The van der Waals surface area contributed by atoms with Crippen LogP contribution in [0.15, 0.2) is 35.7 Å².